The van der Waals surface area contributed by atoms with Gasteiger partial charge in [0, 0.05) is 13.1 Å². The molecule has 0 aromatic heterocycles. The lowest BCUT2D eigenvalue weighted by Crippen LogP contribution is -2.42. The number of benzene rings is 1. The van der Waals surface area contributed by atoms with E-state index in [-0.39, 0.29) is 11.9 Å². The van der Waals surface area contributed by atoms with Gasteiger partial charge in [0.1, 0.15) is 0 Å². The summed E-state index contributed by atoms with van der Waals surface area (Å²) in [6.07, 6.45) is 1.11. The molecular weight excluding hydrogens is 244 g/mol. The molecule has 19 heavy (non-hydrogen) atoms. The number of nitrogens with zero attached hydrogens (tertiary/aromatic N) is 1. The van der Waals surface area contributed by atoms with E-state index in [1.54, 1.807) is 0 Å². The van der Waals surface area contributed by atoms with E-state index in [9.17, 15) is 9.59 Å². The molecule has 2 rings (SSSR count). The van der Waals surface area contributed by atoms with E-state index in [0.717, 1.165) is 18.4 Å². The number of rotatable bonds is 4. The number of amides is 2. The van der Waals surface area contributed by atoms with Gasteiger partial charge >= 0.3 is 6.09 Å². The fourth-order valence-corrected chi connectivity index (χ4v) is 2.38. The topological polar surface area (TPSA) is 69.6 Å². The number of hydrogen-bond donors (Lipinski definition) is 2. The molecule has 1 unspecified atom stereocenters. The van der Waals surface area contributed by atoms with Gasteiger partial charge in [0.2, 0.25) is 5.91 Å². The molecular formula is C14H18N2O3. The van der Waals surface area contributed by atoms with Crippen LogP contribution in [0.3, 0.4) is 0 Å². The van der Waals surface area contributed by atoms with E-state index in [1.165, 1.54) is 4.90 Å². The van der Waals surface area contributed by atoms with Gasteiger partial charge in [0.05, 0.1) is 12.5 Å². The van der Waals surface area contributed by atoms with Crippen molar-refractivity contribution in [3.63, 3.8) is 0 Å². The molecule has 5 heteroatoms. The minimum Gasteiger partial charge on any atom is -0.465 e. The third-order valence-electron chi connectivity index (χ3n) is 3.37. The molecule has 1 saturated heterocycles. The monoisotopic (exact) mass is 262 g/mol. The number of carbonyl (C=O) groups excluding carboxylic acids is 1. The minimum atomic E-state index is -0.903. The van der Waals surface area contributed by atoms with Gasteiger partial charge < -0.3 is 15.3 Å². The molecule has 0 spiro atoms. The lowest BCUT2D eigenvalue weighted by Gasteiger charge is -2.21. The zero-order valence-electron chi connectivity index (χ0n) is 10.7. The molecule has 2 N–H and O–H groups in total. The largest absolute Gasteiger partial charge is 0.465 e. The Morgan fingerprint density at radius 3 is 2.74 bits per heavy atom. The van der Waals surface area contributed by atoms with E-state index in [1.807, 2.05) is 30.3 Å². The lowest BCUT2D eigenvalue weighted by molar-refractivity contribution is -0.120. The first-order valence-corrected chi connectivity index (χ1v) is 6.47. The molecule has 1 heterocycles. The SMILES string of the molecule is O=C(Cc1ccccc1)NCC1CCCN1C(=O)O. The molecule has 1 aromatic carbocycles. The molecule has 1 aliphatic heterocycles. The first kappa shape index (κ1) is 13.4. The Kier molecular flexibility index (Phi) is 4.39. The highest BCUT2D eigenvalue weighted by atomic mass is 16.4. The van der Waals surface area contributed by atoms with Gasteiger partial charge in [0.25, 0.3) is 0 Å². The lowest BCUT2D eigenvalue weighted by atomic mass is 10.1. The molecule has 1 aliphatic rings. The quantitative estimate of drug-likeness (QED) is 0.863. The van der Waals surface area contributed by atoms with Crippen LogP contribution in [0, 0.1) is 0 Å². The number of carbonyl (C=O) groups is 2. The number of hydrogen-bond acceptors (Lipinski definition) is 2. The van der Waals surface area contributed by atoms with Crippen molar-refractivity contribution < 1.29 is 14.7 Å². The van der Waals surface area contributed by atoms with Crippen LogP contribution in [0.2, 0.25) is 0 Å². The van der Waals surface area contributed by atoms with Crippen molar-refractivity contribution in [1.29, 1.82) is 0 Å². The van der Waals surface area contributed by atoms with Gasteiger partial charge in [-0.15, -0.1) is 0 Å². The summed E-state index contributed by atoms with van der Waals surface area (Å²) in [4.78, 5) is 24.1. The second-order valence-corrected chi connectivity index (χ2v) is 4.74. The highest BCUT2D eigenvalue weighted by Gasteiger charge is 2.28. The van der Waals surface area contributed by atoms with Crippen molar-refractivity contribution in [3.8, 4) is 0 Å². The van der Waals surface area contributed by atoms with Crippen LogP contribution in [0.1, 0.15) is 18.4 Å². The number of nitrogens with one attached hydrogen (secondary N) is 1. The van der Waals surface area contributed by atoms with Crippen molar-refractivity contribution in [2.24, 2.45) is 0 Å². The maximum Gasteiger partial charge on any atom is 0.407 e. The smallest absolute Gasteiger partial charge is 0.407 e. The van der Waals surface area contributed by atoms with Crippen molar-refractivity contribution in [3.05, 3.63) is 35.9 Å². The van der Waals surface area contributed by atoms with E-state index >= 15 is 0 Å². The van der Waals surface area contributed by atoms with Crippen LogP contribution >= 0.6 is 0 Å². The van der Waals surface area contributed by atoms with Crippen molar-refractivity contribution >= 4 is 12.0 Å². The second kappa shape index (κ2) is 6.22. The Morgan fingerprint density at radius 2 is 2.05 bits per heavy atom. The summed E-state index contributed by atoms with van der Waals surface area (Å²) < 4.78 is 0. The number of likely N-dealkylation sites (tertiary alicyclic amines) is 1. The summed E-state index contributed by atoms with van der Waals surface area (Å²) in [6.45, 7) is 0.965. The Balaban J connectivity index is 1.79. The Morgan fingerprint density at radius 1 is 1.32 bits per heavy atom. The molecule has 0 aliphatic carbocycles. The van der Waals surface area contributed by atoms with Gasteiger partial charge in [-0.3, -0.25) is 4.79 Å². The van der Waals surface area contributed by atoms with E-state index in [2.05, 4.69) is 5.32 Å². The predicted molar refractivity (Wildman–Crippen MR) is 70.9 cm³/mol. The van der Waals surface area contributed by atoms with E-state index in [4.69, 9.17) is 5.11 Å². The highest BCUT2D eigenvalue weighted by Crippen LogP contribution is 2.16. The first-order chi connectivity index (χ1) is 9.16. The zero-order chi connectivity index (χ0) is 13.7. The highest BCUT2D eigenvalue weighted by molar-refractivity contribution is 5.78. The van der Waals surface area contributed by atoms with Gasteiger partial charge in [0.15, 0.2) is 0 Å². The molecule has 1 fully saturated rings. The summed E-state index contributed by atoms with van der Waals surface area (Å²) in [5.74, 6) is -0.0663. The second-order valence-electron chi connectivity index (χ2n) is 4.74. The third kappa shape index (κ3) is 3.71. The van der Waals surface area contributed by atoms with Crippen LogP contribution in [-0.2, 0) is 11.2 Å². The molecule has 102 valence electrons. The van der Waals surface area contributed by atoms with Crippen LogP contribution in [-0.4, -0.2) is 41.1 Å². The van der Waals surface area contributed by atoms with Crippen molar-refractivity contribution in [2.75, 3.05) is 13.1 Å². The van der Waals surface area contributed by atoms with Crippen LogP contribution < -0.4 is 5.32 Å². The summed E-state index contributed by atoms with van der Waals surface area (Å²) in [5, 5.41) is 11.8. The van der Waals surface area contributed by atoms with Crippen LogP contribution in [0.25, 0.3) is 0 Å². The zero-order valence-corrected chi connectivity index (χ0v) is 10.7. The van der Waals surface area contributed by atoms with Crippen LogP contribution in [0.15, 0.2) is 30.3 Å². The summed E-state index contributed by atoms with van der Waals surface area (Å²) in [5.41, 5.74) is 0.960. The molecule has 0 saturated carbocycles. The normalized spacial score (nSPS) is 18.3. The number of carboxylic acid groups (broad SMARTS) is 1. The third-order valence-corrected chi connectivity index (χ3v) is 3.37. The Bertz CT molecular complexity index is 447. The van der Waals surface area contributed by atoms with Gasteiger partial charge in [-0.05, 0) is 18.4 Å². The standard InChI is InChI=1S/C14H18N2O3/c17-13(9-11-5-2-1-3-6-11)15-10-12-7-4-8-16(12)14(18)19/h1-3,5-6,12H,4,7-10H2,(H,15,17)(H,18,19). The van der Waals surface area contributed by atoms with Crippen LogP contribution in [0.4, 0.5) is 4.79 Å². The van der Waals surface area contributed by atoms with Gasteiger partial charge in [-0.2, -0.15) is 0 Å². The van der Waals surface area contributed by atoms with E-state index in [0.29, 0.717) is 19.5 Å². The summed E-state index contributed by atoms with van der Waals surface area (Å²) >= 11 is 0. The van der Waals surface area contributed by atoms with Gasteiger partial charge in [-0.1, -0.05) is 30.3 Å². The van der Waals surface area contributed by atoms with Crippen molar-refractivity contribution in [1.82, 2.24) is 10.2 Å². The Labute approximate surface area is 112 Å². The molecule has 5 nitrogen and oxygen atoms in total. The minimum absolute atomic E-state index is 0.0663. The molecule has 1 atom stereocenters. The maximum atomic E-state index is 11.8. The predicted octanol–water partition coefficient (Wildman–Crippen LogP) is 1.49. The molecule has 1 aromatic rings. The van der Waals surface area contributed by atoms with Crippen molar-refractivity contribution in [2.45, 2.75) is 25.3 Å². The average Bonchev–Trinajstić information content (AvgIpc) is 2.86. The first-order valence-electron chi connectivity index (χ1n) is 6.47. The maximum absolute atomic E-state index is 11.8. The van der Waals surface area contributed by atoms with E-state index < -0.39 is 6.09 Å². The molecule has 2 amide bonds. The fraction of sp³-hybridized carbons (Fsp3) is 0.429. The molecule has 0 bridgehead atoms. The van der Waals surface area contributed by atoms with Gasteiger partial charge in [-0.25, -0.2) is 4.79 Å². The fourth-order valence-electron chi connectivity index (χ4n) is 2.38. The molecule has 0 radical (unpaired) electrons. The Hall–Kier alpha value is -2.04. The van der Waals surface area contributed by atoms with Crippen LogP contribution in [0.5, 0.6) is 0 Å². The average molecular weight is 262 g/mol. The summed E-state index contributed by atoms with van der Waals surface area (Å²) in [7, 11) is 0. The summed E-state index contributed by atoms with van der Waals surface area (Å²) in [6, 6.07) is 9.41.